The average molecular weight is 314 g/mol. The highest BCUT2D eigenvalue weighted by atomic mass is 19.1. The van der Waals surface area contributed by atoms with Crippen LogP contribution >= 0.6 is 0 Å². The van der Waals surface area contributed by atoms with Gasteiger partial charge in [0, 0.05) is 12.1 Å². The number of nitrogens with zero attached hydrogens (tertiary/aromatic N) is 2. The van der Waals surface area contributed by atoms with Crippen LogP contribution in [0.3, 0.4) is 0 Å². The first-order valence-corrected chi connectivity index (χ1v) is 8.59. The SMILES string of the molecule is COc1cccc2c1-c1c(CCC3(F)CCCCC3)ncn1C2. The number of fused-ring (bicyclic) bond motifs is 3. The minimum Gasteiger partial charge on any atom is -0.496 e. The van der Waals surface area contributed by atoms with Crippen molar-refractivity contribution in [3.63, 3.8) is 0 Å². The van der Waals surface area contributed by atoms with E-state index in [2.05, 4.69) is 15.6 Å². The number of hydrogen-bond acceptors (Lipinski definition) is 2. The summed E-state index contributed by atoms with van der Waals surface area (Å²) in [5, 5.41) is 0. The zero-order chi connectivity index (χ0) is 15.9. The number of ether oxygens (including phenoxy) is 1. The summed E-state index contributed by atoms with van der Waals surface area (Å²) in [5.41, 5.74) is 3.54. The Hall–Kier alpha value is -1.84. The molecule has 1 aromatic carbocycles. The Kier molecular flexibility index (Phi) is 3.63. The number of alkyl halides is 1. The average Bonchev–Trinajstić information content (AvgIpc) is 3.12. The lowest BCUT2D eigenvalue weighted by atomic mass is 9.82. The summed E-state index contributed by atoms with van der Waals surface area (Å²) in [6, 6.07) is 6.14. The second-order valence-corrected chi connectivity index (χ2v) is 6.87. The van der Waals surface area contributed by atoms with Crippen molar-refractivity contribution in [1.82, 2.24) is 9.55 Å². The van der Waals surface area contributed by atoms with Crippen LogP contribution in [0.4, 0.5) is 4.39 Å². The summed E-state index contributed by atoms with van der Waals surface area (Å²) in [4.78, 5) is 4.57. The second-order valence-electron chi connectivity index (χ2n) is 6.87. The number of halogens is 1. The highest BCUT2D eigenvalue weighted by Crippen LogP contribution is 2.42. The first kappa shape index (κ1) is 14.7. The minimum absolute atomic E-state index is 0.585. The van der Waals surface area contributed by atoms with Crippen LogP contribution in [0, 0.1) is 0 Å². The molecule has 0 unspecified atom stereocenters. The van der Waals surface area contributed by atoms with Gasteiger partial charge in [-0.3, -0.25) is 0 Å². The molecule has 2 heterocycles. The molecule has 0 atom stereocenters. The fourth-order valence-corrected chi connectivity index (χ4v) is 4.12. The maximum atomic E-state index is 14.9. The van der Waals surface area contributed by atoms with Crippen LogP contribution in [-0.4, -0.2) is 22.3 Å². The third-order valence-corrected chi connectivity index (χ3v) is 5.38. The normalized spacial score (nSPS) is 18.5. The van der Waals surface area contributed by atoms with E-state index in [9.17, 15) is 4.39 Å². The number of hydrogen-bond donors (Lipinski definition) is 0. The Morgan fingerprint density at radius 3 is 2.87 bits per heavy atom. The molecule has 2 aliphatic rings. The van der Waals surface area contributed by atoms with Gasteiger partial charge in [-0.1, -0.05) is 31.4 Å². The quantitative estimate of drug-likeness (QED) is 0.707. The number of aromatic nitrogens is 2. The first-order chi connectivity index (χ1) is 11.2. The molecule has 1 saturated carbocycles. The van der Waals surface area contributed by atoms with Crippen LogP contribution in [0.5, 0.6) is 5.75 Å². The highest BCUT2D eigenvalue weighted by Gasteiger charge is 2.33. The zero-order valence-corrected chi connectivity index (χ0v) is 13.6. The van der Waals surface area contributed by atoms with Gasteiger partial charge in [0.05, 0.1) is 24.8 Å². The summed E-state index contributed by atoms with van der Waals surface area (Å²) in [6.07, 6.45) is 7.82. The molecule has 1 fully saturated rings. The molecule has 122 valence electrons. The molecule has 1 aliphatic carbocycles. The fraction of sp³-hybridized carbons (Fsp3) is 0.526. The summed E-state index contributed by atoms with van der Waals surface area (Å²) >= 11 is 0. The first-order valence-electron chi connectivity index (χ1n) is 8.59. The van der Waals surface area contributed by atoms with Gasteiger partial charge in [0.25, 0.3) is 0 Å². The summed E-state index contributed by atoms with van der Waals surface area (Å²) in [7, 11) is 1.70. The van der Waals surface area contributed by atoms with Crippen molar-refractivity contribution in [1.29, 1.82) is 0 Å². The number of aryl methyl sites for hydroxylation is 1. The van der Waals surface area contributed by atoms with Crippen molar-refractivity contribution < 1.29 is 9.13 Å². The molecular weight excluding hydrogens is 291 g/mol. The maximum Gasteiger partial charge on any atom is 0.128 e. The van der Waals surface area contributed by atoms with E-state index in [1.807, 2.05) is 18.5 Å². The van der Waals surface area contributed by atoms with Crippen molar-refractivity contribution in [2.75, 3.05) is 7.11 Å². The van der Waals surface area contributed by atoms with E-state index in [0.29, 0.717) is 25.7 Å². The zero-order valence-electron chi connectivity index (χ0n) is 13.6. The lowest BCUT2D eigenvalue weighted by molar-refractivity contribution is 0.0965. The Labute approximate surface area is 136 Å². The van der Waals surface area contributed by atoms with Crippen LogP contribution in [0.1, 0.15) is 49.8 Å². The molecule has 4 rings (SSSR count). The van der Waals surface area contributed by atoms with E-state index < -0.39 is 5.67 Å². The number of benzene rings is 1. The van der Waals surface area contributed by atoms with E-state index in [1.54, 1.807) is 7.11 Å². The van der Waals surface area contributed by atoms with Crippen molar-refractivity contribution in [3.05, 3.63) is 35.8 Å². The van der Waals surface area contributed by atoms with Crippen LogP contribution < -0.4 is 4.74 Å². The number of rotatable bonds is 4. The third-order valence-electron chi connectivity index (χ3n) is 5.38. The van der Waals surface area contributed by atoms with E-state index >= 15 is 0 Å². The lowest BCUT2D eigenvalue weighted by Crippen LogP contribution is -2.26. The molecular formula is C19H23FN2O. The molecule has 0 radical (unpaired) electrons. The lowest BCUT2D eigenvalue weighted by Gasteiger charge is -2.29. The molecule has 23 heavy (non-hydrogen) atoms. The van der Waals surface area contributed by atoms with Crippen molar-refractivity contribution in [3.8, 4) is 17.0 Å². The van der Waals surface area contributed by atoms with Crippen molar-refractivity contribution >= 4 is 0 Å². The fourth-order valence-electron chi connectivity index (χ4n) is 4.12. The molecule has 0 spiro atoms. The monoisotopic (exact) mass is 314 g/mol. The Bertz CT molecular complexity index is 716. The van der Waals surface area contributed by atoms with Gasteiger partial charge in [0.15, 0.2) is 0 Å². The van der Waals surface area contributed by atoms with Gasteiger partial charge in [-0.2, -0.15) is 0 Å². The maximum absolute atomic E-state index is 14.9. The van der Waals surface area contributed by atoms with Crippen molar-refractivity contribution in [2.24, 2.45) is 0 Å². The topological polar surface area (TPSA) is 27.1 Å². The van der Waals surface area contributed by atoms with E-state index in [0.717, 1.165) is 42.1 Å². The molecule has 0 saturated heterocycles. The van der Waals surface area contributed by atoms with Gasteiger partial charge in [-0.15, -0.1) is 0 Å². The summed E-state index contributed by atoms with van der Waals surface area (Å²) in [5.74, 6) is 0.885. The van der Waals surface area contributed by atoms with Gasteiger partial charge in [0.1, 0.15) is 11.4 Å². The summed E-state index contributed by atoms with van der Waals surface area (Å²) in [6.45, 7) is 0.829. The Morgan fingerprint density at radius 1 is 1.26 bits per heavy atom. The summed E-state index contributed by atoms with van der Waals surface area (Å²) < 4.78 is 22.6. The predicted octanol–water partition coefficient (Wildman–Crippen LogP) is 4.53. The van der Waals surface area contributed by atoms with Gasteiger partial charge >= 0.3 is 0 Å². The van der Waals surface area contributed by atoms with Crippen molar-refractivity contribution in [2.45, 2.75) is 57.2 Å². The Morgan fingerprint density at radius 2 is 2.09 bits per heavy atom. The van der Waals surface area contributed by atoms with E-state index in [1.165, 1.54) is 12.0 Å². The molecule has 1 aliphatic heterocycles. The Balaban J connectivity index is 1.61. The highest BCUT2D eigenvalue weighted by molar-refractivity contribution is 5.76. The molecule has 0 bridgehead atoms. The predicted molar refractivity (Wildman–Crippen MR) is 88.6 cm³/mol. The molecule has 3 nitrogen and oxygen atoms in total. The molecule has 2 aromatic rings. The van der Waals surface area contributed by atoms with Gasteiger partial charge in [-0.05, 0) is 37.3 Å². The number of methoxy groups -OCH3 is 1. The van der Waals surface area contributed by atoms with Gasteiger partial charge in [-0.25, -0.2) is 9.37 Å². The molecule has 0 amide bonds. The van der Waals surface area contributed by atoms with Crippen LogP contribution in [-0.2, 0) is 13.0 Å². The molecule has 4 heteroatoms. The molecule has 1 aromatic heterocycles. The van der Waals surface area contributed by atoms with Crippen LogP contribution in [0.15, 0.2) is 24.5 Å². The number of imidazole rings is 1. The largest absolute Gasteiger partial charge is 0.496 e. The second kappa shape index (κ2) is 5.66. The van der Waals surface area contributed by atoms with Gasteiger partial charge in [0.2, 0.25) is 0 Å². The third kappa shape index (κ3) is 2.54. The smallest absolute Gasteiger partial charge is 0.128 e. The minimum atomic E-state index is -0.989. The van der Waals surface area contributed by atoms with Crippen LogP contribution in [0.2, 0.25) is 0 Å². The van der Waals surface area contributed by atoms with E-state index in [-0.39, 0.29) is 0 Å². The van der Waals surface area contributed by atoms with E-state index in [4.69, 9.17) is 4.74 Å². The van der Waals surface area contributed by atoms with Crippen LogP contribution in [0.25, 0.3) is 11.3 Å². The molecule has 0 N–H and O–H groups in total. The van der Waals surface area contributed by atoms with Gasteiger partial charge < -0.3 is 9.30 Å². The standard InChI is InChI=1S/C19H23FN2O/c1-23-16-7-5-6-14-12-22-13-21-15(18(22)17(14)16)8-11-19(20)9-3-2-4-10-19/h5-7,13H,2-4,8-12H2,1H3.